The monoisotopic (exact) mass is 219 g/mol. The molecular weight excluding hydrogens is 206 g/mol. The van der Waals surface area contributed by atoms with E-state index >= 15 is 0 Å². The summed E-state index contributed by atoms with van der Waals surface area (Å²) in [7, 11) is 0. The van der Waals surface area contributed by atoms with Crippen LogP contribution in [0.15, 0.2) is 60.7 Å². The number of rotatable bonds is 2. The van der Waals surface area contributed by atoms with Crippen molar-refractivity contribution in [2.24, 2.45) is 0 Å². The van der Waals surface area contributed by atoms with Crippen molar-refractivity contribution in [2.75, 3.05) is 0 Å². The second-order valence-corrected chi connectivity index (χ2v) is 4.62. The van der Waals surface area contributed by atoms with E-state index in [0.29, 0.717) is 5.92 Å². The Morgan fingerprint density at radius 3 is 2.12 bits per heavy atom. The van der Waals surface area contributed by atoms with Crippen molar-refractivity contribution in [1.82, 2.24) is 0 Å². The highest BCUT2D eigenvalue weighted by molar-refractivity contribution is 5.49. The van der Waals surface area contributed by atoms with Crippen molar-refractivity contribution in [3.05, 3.63) is 71.8 Å². The molecular formula is C16H13N. The zero-order valence-corrected chi connectivity index (χ0v) is 9.51. The van der Waals surface area contributed by atoms with Crippen molar-refractivity contribution < 1.29 is 0 Å². The summed E-state index contributed by atoms with van der Waals surface area (Å²) in [4.78, 5) is 0. The predicted octanol–water partition coefficient (Wildman–Crippen LogP) is 3.64. The van der Waals surface area contributed by atoms with Gasteiger partial charge in [-0.25, -0.2) is 0 Å². The number of benzene rings is 2. The molecule has 17 heavy (non-hydrogen) atoms. The van der Waals surface area contributed by atoms with Gasteiger partial charge >= 0.3 is 0 Å². The summed E-state index contributed by atoms with van der Waals surface area (Å²) in [5.41, 5.74) is 2.14. The molecule has 82 valence electrons. The fourth-order valence-electron chi connectivity index (χ4n) is 2.59. The smallest absolute Gasteiger partial charge is 0.0897 e. The lowest BCUT2D eigenvalue weighted by Gasteiger charge is -2.08. The minimum atomic E-state index is -0.289. The standard InChI is InChI=1S/C16H13N/c17-12-16(14-9-5-2-6-10-14)11-15(16)13-7-3-1-4-8-13/h1-10,15H,11H2/t15-,16+/m1/s1. The Bertz CT molecular complexity index is 553. The molecule has 0 spiro atoms. The Hall–Kier alpha value is -2.07. The molecule has 0 radical (unpaired) electrons. The van der Waals surface area contributed by atoms with Crippen LogP contribution in [0.2, 0.25) is 0 Å². The normalized spacial score (nSPS) is 26.2. The third-order valence-electron chi connectivity index (χ3n) is 3.65. The lowest BCUT2D eigenvalue weighted by Crippen LogP contribution is -2.05. The van der Waals surface area contributed by atoms with Crippen LogP contribution in [0.4, 0.5) is 0 Å². The minimum Gasteiger partial charge on any atom is -0.197 e. The molecule has 1 aliphatic rings. The maximum absolute atomic E-state index is 9.49. The first-order chi connectivity index (χ1) is 8.37. The van der Waals surface area contributed by atoms with Crippen LogP contribution >= 0.6 is 0 Å². The van der Waals surface area contributed by atoms with Gasteiger partial charge < -0.3 is 0 Å². The number of nitrogens with zero attached hydrogens (tertiary/aromatic N) is 1. The number of nitriles is 1. The minimum absolute atomic E-state index is 0.289. The quantitative estimate of drug-likeness (QED) is 0.756. The molecule has 2 aromatic rings. The summed E-state index contributed by atoms with van der Waals surface area (Å²) in [6, 6.07) is 23.0. The first-order valence-electron chi connectivity index (χ1n) is 5.88. The summed E-state index contributed by atoms with van der Waals surface area (Å²) in [6.45, 7) is 0. The zero-order chi connectivity index (χ0) is 11.7. The van der Waals surface area contributed by atoms with E-state index in [4.69, 9.17) is 0 Å². The molecule has 0 bridgehead atoms. The van der Waals surface area contributed by atoms with Gasteiger partial charge in [0.1, 0.15) is 0 Å². The highest BCUT2D eigenvalue weighted by atomic mass is 14.6. The van der Waals surface area contributed by atoms with Crippen molar-refractivity contribution in [3.8, 4) is 6.07 Å². The highest BCUT2D eigenvalue weighted by Crippen LogP contribution is 2.59. The van der Waals surface area contributed by atoms with Gasteiger partial charge in [-0.05, 0) is 17.5 Å². The van der Waals surface area contributed by atoms with Gasteiger partial charge in [0.15, 0.2) is 0 Å². The Labute approximate surface area is 101 Å². The predicted molar refractivity (Wildman–Crippen MR) is 67.5 cm³/mol. The van der Waals surface area contributed by atoms with E-state index in [1.807, 2.05) is 36.4 Å². The lowest BCUT2D eigenvalue weighted by atomic mass is 9.92. The lowest BCUT2D eigenvalue weighted by molar-refractivity contribution is 0.856. The molecule has 1 saturated carbocycles. The molecule has 2 aromatic carbocycles. The van der Waals surface area contributed by atoms with Crippen LogP contribution in [0.1, 0.15) is 23.5 Å². The molecule has 1 nitrogen and oxygen atoms in total. The van der Waals surface area contributed by atoms with Gasteiger partial charge in [-0.3, -0.25) is 0 Å². The summed E-state index contributed by atoms with van der Waals surface area (Å²) in [6.07, 6.45) is 0.942. The molecule has 0 saturated heterocycles. The van der Waals surface area contributed by atoms with E-state index in [2.05, 4.69) is 30.3 Å². The molecule has 2 atom stereocenters. The molecule has 0 amide bonds. The number of hydrogen-bond donors (Lipinski definition) is 0. The Morgan fingerprint density at radius 1 is 0.941 bits per heavy atom. The second-order valence-electron chi connectivity index (χ2n) is 4.62. The second kappa shape index (κ2) is 3.75. The van der Waals surface area contributed by atoms with E-state index in [1.54, 1.807) is 0 Å². The SMILES string of the molecule is N#C[C@]1(c2ccccc2)C[C@@H]1c1ccccc1. The zero-order valence-electron chi connectivity index (χ0n) is 9.51. The van der Waals surface area contributed by atoms with Gasteiger partial charge in [0.25, 0.3) is 0 Å². The van der Waals surface area contributed by atoms with Gasteiger partial charge in [0.2, 0.25) is 0 Å². The molecule has 1 fully saturated rings. The van der Waals surface area contributed by atoms with Gasteiger partial charge in [-0.2, -0.15) is 5.26 Å². The third kappa shape index (κ3) is 1.54. The van der Waals surface area contributed by atoms with Crippen molar-refractivity contribution in [1.29, 1.82) is 5.26 Å². The first kappa shape index (κ1) is 10.1. The maximum atomic E-state index is 9.49. The van der Waals surface area contributed by atoms with E-state index in [1.165, 1.54) is 5.56 Å². The van der Waals surface area contributed by atoms with Crippen LogP contribution < -0.4 is 0 Å². The van der Waals surface area contributed by atoms with Crippen LogP contribution in [-0.4, -0.2) is 0 Å². The molecule has 0 unspecified atom stereocenters. The van der Waals surface area contributed by atoms with Gasteiger partial charge in [0.05, 0.1) is 11.5 Å². The summed E-state index contributed by atoms with van der Waals surface area (Å²) >= 11 is 0. The van der Waals surface area contributed by atoms with Gasteiger partial charge in [-0.1, -0.05) is 60.7 Å². The third-order valence-corrected chi connectivity index (χ3v) is 3.65. The summed E-state index contributed by atoms with van der Waals surface area (Å²) in [5, 5.41) is 9.49. The Morgan fingerprint density at radius 2 is 1.53 bits per heavy atom. The average Bonchev–Trinajstić information content (AvgIpc) is 3.17. The fraction of sp³-hybridized carbons (Fsp3) is 0.188. The van der Waals surface area contributed by atoms with Crippen LogP contribution in [0.5, 0.6) is 0 Å². The fourth-order valence-corrected chi connectivity index (χ4v) is 2.59. The molecule has 1 heteroatoms. The van der Waals surface area contributed by atoms with Gasteiger partial charge in [-0.15, -0.1) is 0 Å². The largest absolute Gasteiger partial charge is 0.197 e. The first-order valence-corrected chi connectivity index (χ1v) is 5.88. The Kier molecular flexibility index (Phi) is 2.23. The molecule has 0 aliphatic heterocycles. The van der Waals surface area contributed by atoms with Gasteiger partial charge in [0, 0.05) is 5.92 Å². The van der Waals surface area contributed by atoms with Crippen LogP contribution in [-0.2, 0) is 5.41 Å². The topological polar surface area (TPSA) is 23.8 Å². The molecule has 3 rings (SSSR count). The summed E-state index contributed by atoms with van der Waals surface area (Å²) in [5.74, 6) is 0.358. The van der Waals surface area contributed by atoms with Crippen molar-refractivity contribution >= 4 is 0 Å². The van der Waals surface area contributed by atoms with E-state index in [-0.39, 0.29) is 5.41 Å². The molecule has 0 N–H and O–H groups in total. The number of hydrogen-bond acceptors (Lipinski definition) is 1. The summed E-state index contributed by atoms with van der Waals surface area (Å²) < 4.78 is 0. The maximum Gasteiger partial charge on any atom is 0.0897 e. The van der Waals surface area contributed by atoms with Crippen molar-refractivity contribution in [2.45, 2.75) is 17.8 Å². The van der Waals surface area contributed by atoms with E-state index < -0.39 is 0 Å². The Balaban J connectivity index is 1.97. The van der Waals surface area contributed by atoms with Crippen LogP contribution in [0.25, 0.3) is 0 Å². The van der Waals surface area contributed by atoms with Crippen LogP contribution in [0, 0.1) is 11.3 Å². The van der Waals surface area contributed by atoms with E-state index in [0.717, 1.165) is 12.0 Å². The average molecular weight is 219 g/mol. The van der Waals surface area contributed by atoms with Crippen molar-refractivity contribution in [3.63, 3.8) is 0 Å². The molecule has 0 heterocycles. The molecule has 0 aromatic heterocycles. The molecule has 1 aliphatic carbocycles. The van der Waals surface area contributed by atoms with Crippen LogP contribution in [0.3, 0.4) is 0 Å². The van der Waals surface area contributed by atoms with E-state index in [9.17, 15) is 5.26 Å². The highest BCUT2D eigenvalue weighted by Gasteiger charge is 2.56.